The molecule has 1 saturated heterocycles. The van der Waals surface area contributed by atoms with Crippen LogP contribution in [0, 0.1) is 5.92 Å². The molecule has 1 heterocycles. The van der Waals surface area contributed by atoms with E-state index in [0.717, 1.165) is 31.2 Å². The number of likely N-dealkylation sites (N-methyl/N-ethyl adjacent to an activating group) is 1. The molecule has 1 fully saturated rings. The number of rotatable bonds is 8. The largest absolute Gasteiger partial charge is 0.492 e. The van der Waals surface area contributed by atoms with Crippen molar-refractivity contribution in [3.8, 4) is 5.75 Å². The third-order valence-electron chi connectivity index (χ3n) is 4.59. The molecule has 2 rings (SSSR count). The van der Waals surface area contributed by atoms with Crippen LogP contribution in [0.1, 0.15) is 26.2 Å². The minimum absolute atomic E-state index is 0.0288. The third kappa shape index (κ3) is 6.79. The standard InChI is InChI=1S/C19H31N3O2/c1-17-9-13-22(14-10-17)12-6-11-20-19(23)21(2)15-16-24-18-7-4-3-5-8-18/h3-5,7-8,17H,6,9-16H2,1-2H3,(H,20,23). The predicted molar refractivity (Wildman–Crippen MR) is 97.4 cm³/mol. The van der Waals surface area contributed by atoms with Crippen LogP contribution in [0.25, 0.3) is 0 Å². The topological polar surface area (TPSA) is 44.8 Å². The molecule has 134 valence electrons. The van der Waals surface area contributed by atoms with Crippen LogP contribution in [-0.2, 0) is 0 Å². The van der Waals surface area contributed by atoms with Gasteiger partial charge in [-0.25, -0.2) is 4.79 Å². The number of nitrogens with zero attached hydrogens (tertiary/aromatic N) is 2. The summed E-state index contributed by atoms with van der Waals surface area (Å²) in [6, 6.07) is 9.64. The first-order chi connectivity index (χ1) is 11.6. The first kappa shape index (κ1) is 18.6. The van der Waals surface area contributed by atoms with E-state index in [1.165, 1.54) is 25.9 Å². The lowest BCUT2D eigenvalue weighted by molar-refractivity contribution is 0.184. The van der Waals surface area contributed by atoms with Crippen LogP contribution in [0.4, 0.5) is 4.79 Å². The van der Waals surface area contributed by atoms with Crippen molar-refractivity contribution in [3.63, 3.8) is 0 Å². The summed E-state index contributed by atoms with van der Waals surface area (Å²) < 4.78 is 5.61. The Labute approximate surface area is 146 Å². The molecular formula is C19H31N3O2. The van der Waals surface area contributed by atoms with Crippen molar-refractivity contribution < 1.29 is 9.53 Å². The minimum atomic E-state index is -0.0288. The van der Waals surface area contributed by atoms with Gasteiger partial charge < -0.3 is 19.9 Å². The molecule has 0 unspecified atom stereocenters. The molecule has 0 bridgehead atoms. The van der Waals surface area contributed by atoms with Gasteiger partial charge in [0.2, 0.25) is 0 Å². The molecule has 1 aliphatic heterocycles. The summed E-state index contributed by atoms with van der Waals surface area (Å²) >= 11 is 0. The zero-order chi connectivity index (χ0) is 17.2. The van der Waals surface area contributed by atoms with Crippen molar-refractivity contribution >= 4 is 6.03 Å². The van der Waals surface area contributed by atoms with Crippen LogP contribution in [-0.4, -0.2) is 62.2 Å². The van der Waals surface area contributed by atoms with E-state index in [-0.39, 0.29) is 6.03 Å². The van der Waals surface area contributed by atoms with E-state index in [1.54, 1.807) is 11.9 Å². The maximum atomic E-state index is 12.0. The van der Waals surface area contributed by atoms with Crippen molar-refractivity contribution in [2.24, 2.45) is 5.92 Å². The smallest absolute Gasteiger partial charge is 0.317 e. The van der Waals surface area contributed by atoms with Crippen LogP contribution >= 0.6 is 0 Å². The molecule has 0 atom stereocenters. The summed E-state index contributed by atoms with van der Waals surface area (Å²) in [6.45, 7) is 7.61. The summed E-state index contributed by atoms with van der Waals surface area (Å²) in [5.74, 6) is 1.70. The molecule has 1 aromatic rings. The first-order valence-electron chi connectivity index (χ1n) is 9.04. The van der Waals surface area contributed by atoms with Crippen molar-refractivity contribution in [1.82, 2.24) is 15.1 Å². The molecular weight excluding hydrogens is 302 g/mol. The highest BCUT2D eigenvalue weighted by atomic mass is 16.5. The van der Waals surface area contributed by atoms with Crippen molar-refractivity contribution in [1.29, 1.82) is 0 Å². The van der Waals surface area contributed by atoms with Crippen LogP contribution in [0.5, 0.6) is 5.75 Å². The maximum Gasteiger partial charge on any atom is 0.317 e. The molecule has 0 spiro atoms. The van der Waals surface area contributed by atoms with Crippen molar-refractivity contribution in [3.05, 3.63) is 30.3 Å². The van der Waals surface area contributed by atoms with Crippen LogP contribution in [0.3, 0.4) is 0 Å². The monoisotopic (exact) mass is 333 g/mol. The fourth-order valence-corrected chi connectivity index (χ4v) is 2.84. The average molecular weight is 333 g/mol. The number of urea groups is 1. The van der Waals surface area contributed by atoms with Gasteiger partial charge in [0, 0.05) is 13.6 Å². The number of amides is 2. The molecule has 5 heteroatoms. The fraction of sp³-hybridized carbons (Fsp3) is 0.632. The molecule has 5 nitrogen and oxygen atoms in total. The molecule has 0 radical (unpaired) electrons. The van der Waals surface area contributed by atoms with E-state index >= 15 is 0 Å². The molecule has 0 saturated carbocycles. The van der Waals surface area contributed by atoms with E-state index in [1.807, 2.05) is 30.3 Å². The second kappa shape index (κ2) is 10.2. The Balaban J connectivity index is 1.52. The van der Waals surface area contributed by atoms with Gasteiger partial charge in [0.25, 0.3) is 0 Å². The summed E-state index contributed by atoms with van der Waals surface area (Å²) in [4.78, 5) is 16.2. The van der Waals surface area contributed by atoms with Gasteiger partial charge in [-0.15, -0.1) is 0 Å². The van der Waals surface area contributed by atoms with Crippen LogP contribution in [0.15, 0.2) is 30.3 Å². The van der Waals surface area contributed by atoms with Crippen LogP contribution in [0.2, 0.25) is 0 Å². The summed E-state index contributed by atoms with van der Waals surface area (Å²) in [5, 5.41) is 2.98. The van der Waals surface area contributed by atoms with Gasteiger partial charge >= 0.3 is 6.03 Å². The minimum Gasteiger partial charge on any atom is -0.492 e. The number of para-hydroxylation sites is 1. The van der Waals surface area contributed by atoms with Crippen LogP contribution < -0.4 is 10.1 Å². The molecule has 0 aliphatic carbocycles. The zero-order valence-electron chi connectivity index (χ0n) is 15.0. The van der Waals surface area contributed by atoms with E-state index in [9.17, 15) is 4.79 Å². The molecule has 24 heavy (non-hydrogen) atoms. The summed E-state index contributed by atoms with van der Waals surface area (Å²) in [5.41, 5.74) is 0. The lowest BCUT2D eigenvalue weighted by atomic mass is 9.99. The number of likely N-dealkylation sites (tertiary alicyclic amines) is 1. The lowest BCUT2D eigenvalue weighted by Gasteiger charge is -2.30. The van der Waals surface area contributed by atoms with Gasteiger partial charge in [-0.05, 0) is 56.9 Å². The number of hydrogen-bond donors (Lipinski definition) is 1. The molecule has 0 aromatic heterocycles. The Morgan fingerprint density at radius 2 is 2.00 bits per heavy atom. The van der Waals surface area contributed by atoms with E-state index in [4.69, 9.17) is 4.74 Å². The van der Waals surface area contributed by atoms with Gasteiger partial charge in [0.1, 0.15) is 12.4 Å². The van der Waals surface area contributed by atoms with E-state index in [0.29, 0.717) is 13.2 Å². The van der Waals surface area contributed by atoms with Gasteiger partial charge in [-0.3, -0.25) is 0 Å². The van der Waals surface area contributed by atoms with E-state index in [2.05, 4.69) is 17.1 Å². The molecule has 1 aromatic carbocycles. The highest BCUT2D eigenvalue weighted by molar-refractivity contribution is 5.73. The fourth-order valence-electron chi connectivity index (χ4n) is 2.84. The quantitative estimate of drug-likeness (QED) is 0.744. The van der Waals surface area contributed by atoms with Gasteiger partial charge in [0.15, 0.2) is 0 Å². The Bertz CT molecular complexity index is 473. The second-order valence-corrected chi connectivity index (χ2v) is 6.69. The average Bonchev–Trinajstić information content (AvgIpc) is 2.61. The molecule has 1 aliphatic rings. The highest BCUT2D eigenvalue weighted by Crippen LogP contribution is 2.15. The zero-order valence-corrected chi connectivity index (χ0v) is 15.0. The first-order valence-corrected chi connectivity index (χ1v) is 9.04. The summed E-state index contributed by atoms with van der Waals surface area (Å²) in [6.07, 6.45) is 3.61. The molecule has 2 amide bonds. The lowest BCUT2D eigenvalue weighted by Crippen LogP contribution is -2.41. The SMILES string of the molecule is CC1CCN(CCCNC(=O)N(C)CCOc2ccccc2)CC1. The maximum absolute atomic E-state index is 12.0. The van der Waals surface area contributed by atoms with Crippen molar-refractivity contribution in [2.45, 2.75) is 26.2 Å². The number of piperidine rings is 1. The van der Waals surface area contributed by atoms with Gasteiger partial charge in [0.05, 0.1) is 6.54 Å². The number of nitrogens with one attached hydrogen (secondary N) is 1. The Morgan fingerprint density at radius 3 is 2.71 bits per heavy atom. The number of benzene rings is 1. The van der Waals surface area contributed by atoms with Crippen molar-refractivity contribution in [2.75, 3.05) is 46.4 Å². The number of hydrogen-bond acceptors (Lipinski definition) is 3. The second-order valence-electron chi connectivity index (χ2n) is 6.69. The highest BCUT2D eigenvalue weighted by Gasteiger charge is 2.15. The van der Waals surface area contributed by atoms with E-state index < -0.39 is 0 Å². The Hall–Kier alpha value is -1.75. The van der Waals surface area contributed by atoms with Gasteiger partial charge in [-0.1, -0.05) is 25.1 Å². The number of carbonyl (C=O) groups is 1. The summed E-state index contributed by atoms with van der Waals surface area (Å²) in [7, 11) is 1.80. The Morgan fingerprint density at radius 1 is 1.29 bits per heavy atom. The Kier molecular flexibility index (Phi) is 7.89. The van der Waals surface area contributed by atoms with Gasteiger partial charge in [-0.2, -0.15) is 0 Å². The number of carbonyl (C=O) groups excluding carboxylic acids is 1. The third-order valence-corrected chi connectivity index (χ3v) is 4.59. The normalized spacial score (nSPS) is 15.9. The number of ether oxygens (including phenoxy) is 1. The molecule has 1 N–H and O–H groups in total. The predicted octanol–water partition coefficient (Wildman–Crippen LogP) is 2.83.